The average Bonchev–Trinajstić information content (AvgIpc) is 2.87. The van der Waals surface area contributed by atoms with Crippen molar-refractivity contribution in [1.29, 1.82) is 0 Å². The fourth-order valence-electron chi connectivity index (χ4n) is 6.71. The van der Waals surface area contributed by atoms with E-state index in [2.05, 4.69) is 13.8 Å². The van der Waals surface area contributed by atoms with Gasteiger partial charge in [-0.3, -0.25) is 4.79 Å². The molecule has 3 saturated carbocycles. The van der Waals surface area contributed by atoms with Gasteiger partial charge in [-0.25, -0.2) is 0 Å². The number of Topliss-reactive ketones (excluding diaryl/α,β-unsaturated/α-hetero) is 1. The van der Waals surface area contributed by atoms with Gasteiger partial charge in [-0.2, -0.15) is 0 Å². The Morgan fingerprint density at radius 3 is 2.64 bits per heavy atom. The van der Waals surface area contributed by atoms with Crippen molar-refractivity contribution in [3.8, 4) is 0 Å². The number of ketones is 1. The molecule has 4 aliphatic carbocycles. The second kappa shape index (κ2) is 4.59. The molecule has 0 spiro atoms. The lowest BCUT2D eigenvalue weighted by atomic mass is 9.47. The summed E-state index contributed by atoms with van der Waals surface area (Å²) >= 11 is 0. The van der Waals surface area contributed by atoms with Gasteiger partial charge >= 0.3 is 0 Å². The van der Waals surface area contributed by atoms with E-state index < -0.39 is 6.10 Å². The summed E-state index contributed by atoms with van der Waals surface area (Å²) in [6.07, 6.45) is 7.75. The molecule has 6 atom stereocenters. The fourth-order valence-corrected chi connectivity index (χ4v) is 6.71. The standard InChI is InChI=1S/C19H28O3/c1-18-8-3-4-12(18)11-5-6-14-17(22)15(20)10-16(21)19(14,2)13(11)7-9-18/h11-13,16,21-22H,3-10H2,1-2H3/t11-,12-,13-,16+,18-,19+/m0/s1. The number of carbonyl (C=O) groups excluding carboxylic acids is 1. The molecule has 4 rings (SSSR count). The molecule has 0 aliphatic heterocycles. The lowest BCUT2D eigenvalue weighted by molar-refractivity contribution is -0.131. The summed E-state index contributed by atoms with van der Waals surface area (Å²) in [5.41, 5.74) is 0.972. The minimum absolute atomic E-state index is 0.0222. The molecule has 0 radical (unpaired) electrons. The summed E-state index contributed by atoms with van der Waals surface area (Å²) in [4.78, 5) is 11.9. The van der Waals surface area contributed by atoms with E-state index in [1.54, 1.807) is 0 Å². The van der Waals surface area contributed by atoms with E-state index >= 15 is 0 Å². The number of carbonyl (C=O) groups is 1. The van der Waals surface area contributed by atoms with Gasteiger partial charge in [-0.1, -0.05) is 20.3 Å². The predicted molar refractivity (Wildman–Crippen MR) is 84.3 cm³/mol. The highest BCUT2D eigenvalue weighted by Gasteiger charge is 2.59. The van der Waals surface area contributed by atoms with E-state index in [-0.39, 0.29) is 23.4 Å². The Kier molecular flexibility index (Phi) is 3.08. The molecular weight excluding hydrogens is 276 g/mol. The zero-order valence-electron chi connectivity index (χ0n) is 13.8. The van der Waals surface area contributed by atoms with Crippen molar-refractivity contribution >= 4 is 5.78 Å². The van der Waals surface area contributed by atoms with E-state index in [1.165, 1.54) is 25.7 Å². The first-order valence-electron chi connectivity index (χ1n) is 9.02. The SMILES string of the molecule is C[C@@]12CCC[C@H]1[C@@H]1CCC3=C(O)C(=O)C[C@@H](O)[C@]3(C)[C@H]1CC2. The van der Waals surface area contributed by atoms with E-state index in [9.17, 15) is 15.0 Å². The molecule has 3 fully saturated rings. The highest BCUT2D eigenvalue weighted by atomic mass is 16.3. The van der Waals surface area contributed by atoms with E-state index in [1.807, 2.05) is 0 Å². The molecule has 0 heterocycles. The quantitative estimate of drug-likeness (QED) is 0.716. The van der Waals surface area contributed by atoms with Crippen molar-refractivity contribution in [3.05, 3.63) is 11.3 Å². The van der Waals surface area contributed by atoms with Crippen LogP contribution in [0.2, 0.25) is 0 Å². The normalized spacial score (nSPS) is 51.3. The lowest BCUT2D eigenvalue weighted by Crippen LogP contribution is -2.55. The van der Waals surface area contributed by atoms with Crippen LogP contribution in [0.5, 0.6) is 0 Å². The topological polar surface area (TPSA) is 57.5 Å². The Morgan fingerprint density at radius 1 is 1.09 bits per heavy atom. The predicted octanol–water partition coefficient (Wildman–Crippen LogP) is 3.76. The fraction of sp³-hybridized carbons (Fsp3) is 0.842. The number of hydrogen-bond donors (Lipinski definition) is 2. The number of fused-ring (bicyclic) bond motifs is 5. The molecule has 3 nitrogen and oxygen atoms in total. The summed E-state index contributed by atoms with van der Waals surface area (Å²) in [6.45, 7) is 4.58. The zero-order chi connectivity index (χ0) is 15.7. The van der Waals surface area contributed by atoms with Gasteiger partial charge in [0.05, 0.1) is 6.10 Å². The van der Waals surface area contributed by atoms with Crippen LogP contribution in [0.15, 0.2) is 11.3 Å². The van der Waals surface area contributed by atoms with Crippen LogP contribution in [-0.2, 0) is 4.79 Å². The minimum Gasteiger partial charge on any atom is -0.504 e. The van der Waals surface area contributed by atoms with Crippen LogP contribution in [0.25, 0.3) is 0 Å². The van der Waals surface area contributed by atoms with Crippen LogP contribution in [-0.4, -0.2) is 22.1 Å². The molecule has 0 amide bonds. The molecule has 0 aromatic rings. The Bertz CT molecular complexity index is 551. The van der Waals surface area contributed by atoms with Gasteiger partial charge in [0, 0.05) is 11.8 Å². The first kappa shape index (κ1) is 14.7. The number of hydrogen-bond acceptors (Lipinski definition) is 3. The van der Waals surface area contributed by atoms with Gasteiger partial charge < -0.3 is 10.2 Å². The Balaban J connectivity index is 1.76. The van der Waals surface area contributed by atoms with Crippen molar-refractivity contribution < 1.29 is 15.0 Å². The Hall–Kier alpha value is -0.830. The van der Waals surface area contributed by atoms with Crippen molar-refractivity contribution in [1.82, 2.24) is 0 Å². The molecule has 2 N–H and O–H groups in total. The van der Waals surface area contributed by atoms with E-state index in [4.69, 9.17) is 0 Å². The second-order valence-corrected chi connectivity index (χ2v) is 8.75. The van der Waals surface area contributed by atoms with Crippen LogP contribution in [0.4, 0.5) is 0 Å². The summed E-state index contributed by atoms with van der Waals surface area (Å²) in [6, 6.07) is 0. The molecule has 0 bridgehead atoms. The summed E-state index contributed by atoms with van der Waals surface area (Å²) in [5.74, 6) is 1.57. The summed E-state index contributed by atoms with van der Waals surface area (Å²) in [7, 11) is 0. The molecule has 3 heteroatoms. The van der Waals surface area contributed by atoms with Gasteiger partial charge in [-0.05, 0) is 67.3 Å². The maximum absolute atomic E-state index is 11.9. The third-order valence-corrected chi connectivity index (χ3v) is 7.99. The molecule has 0 saturated heterocycles. The number of aliphatic hydroxyl groups is 2. The van der Waals surface area contributed by atoms with Gasteiger partial charge in [0.2, 0.25) is 0 Å². The third-order valence-electron chi connectivity index (χ3n) is 7.99. The first-order chi connectivity index (χ1) is 10.4. The van der Waals surface area contributed by atoms with Gasteiger partial charge in [0.1, 0.15) is 0 Å². The lowest BCUT2D eigenvalue weighted by Gasteiger charge is -2.58. The van der Waals surface area contributed by atoms with Crippen molar-refractivity contribution in [2.75, 3.05) is 0 Å². The van der Waals surface area contributed by atoms with Gasteiger partial charge in [0.15, 0.2) is 11.5 Å². The smallest absolute Gasteiger partial charge is 0.199 e. The maximum atomic E-state index is 11.9. The molecular formula is C19H28O3. The Labute approximate surface area is 132 Å². The molecule has 4 aliphatic rings. The van der Waals surface area contributed by atoms with Gasteiger partial charge in [0.25, 0.3) is 0 Å². The van der Waals surface area contributed by atoms with Crippen molar-refractivity contribution in [2.24, 2.45) is 28.6 Å². The molecule has 0 unspecified atom stereocenters. The second-order valence-electron chi connectivity index (χ2n) is 8.75. The van der Waals surface area contributed by atoms with Crippen LogP contribution in [0, 0.1) is 28.6 Å². The number of aliphatic hydroxyl groups excluding tert-OH is 2. The van der Waals surface area contributed by atoms with Crippen molar-refractivity contribution in [2.45, 2.75) is 71.3 Å². The van der Waals surface area contributed by atoms with Crippen LogP contribution < -0.4 is 0 Å². The molecule has 0 aromatic carbocycles. The molecule has 22 heavy (non-hydrogen) atoms. The third kappa shape index (κ3) is 1.69. The highest BCUT2D eigenvalue weighted by Crippen LogP contribution is 2.65. The van der Waals surface area contributed by atoms with Crippen molar-refractivity contribution in [3.63, 3.8) is 0 Å². The molecule has 122 valence electrons. The minimum atomic E-state index is -0.621. The van der Waals surface area contributed by atoms with E-state index in [0.717, 1.165) is 30.8 Å². The van der Waals surface area contributed by atoms with Crippen LogP contribution in [0.1, 0.15) is 65.2 Å². The number of rotatable bonds is 0. The summed E-state index contributed by atoms with van der Waals surface area (Å²) in [5, 5.41) is 21.0. The summed E-state index contributed by atoms with van der Waals surface area (Å²) < 4.78 is 0. The monoisotopic (exact) mass is 304 g/mol. The first-order valence-corrected chi connectivity index (χ1v) is 9.02. The van der Waals surface area contributed by atoms with Crippen LogP contribution in [0.3, 0.4) is 0 Å². The van der Waals surface area contributed by atoms with Crippen LogP contribution >= 0.6 is 0 Å². The maximum Gasteiger partial charge on any atom is 0.199 e. The van der Waals surface area contributed by atoms with E-state index in [0.29, 0.717) is 17.3 Å². The van der Waals surface area contributed by atoms with Gasteiger partial charge in [-0.15, -0.1) is 0 Å². The Morgan fingerprint density at radius 2 is 1.86 bits per heavy atom. The zero-order valence-corrected chi connectivity index (χ0v) is 13.8. The largest absolute Gasteiger partial charge is 0.504 e. The molecule has 0 aromatic heterocycles. The highest BCUT2D eigenvalue weighted by molar-refractivity contribution is 5.95. The average molecular weight is 304 g/mol.